The number of aromatic nitrogens is 1. The van der Waals surface area contributed by atoms with Crippen molar-refractivity contribution >= 4 is 38.4 Å². The summed E-state index contributed by atoms with van der Waals surface area (Å²) in [6.45, 7) is 0.483. The Morgan fingerprint density at radius 2 is 2.13 bits per heavy atom. The zero-order valence-electron chi connectivity index (χ0n) is 7.91. The first-order valence-electron chi connectivity index (χ1n) is 4.54. The molecular formula is C11H9BrClNO. The van der Waals surface area contributed by atoms with E-state index < -0.39 is 0 Å². The highest BCUT2D eigenvalue weighted by Crippen LogP contribution is 2.20. The topological polar surface area (TPSA) is 22.1 Å². The average Bonchev–Trinajstić information content (AvgIpc) is 2.26. The summed E-state index contributed by atoms with van der Waals surface area (Å²) in [6, 6.07) is 9.76. The van der Waals surface area contributed by atoms with Crippen molar-refractivity contribution in [3.63, 3.8) is 0 Å². The minimum Gasteiger partial charge on any atom is -0.476 e. The summed E-state index contributed by atoms with van der Waals surface area (Å²) in [5.74, 6) is 1.09. The smallest absolute Gasteiger partial charge is 0.213 e. The third kappa shape index (κ3) is 2.61. The fourth-order valence-electron chi connectivity index (χ4n) is 1.30. The van der Waals surface area contributed by atoms with Crippen LogP contribution in [0.2, 0.25) is 0 Å². The van der Waals surface area contributed by atoms with Gasteiger partial charge in [-0.25, -0.2) is 4.98 Å². The van der Waals surface area contributed by atoms with Gasteiger partial charge in [0.15, 0.2) is 0 Å². The van der Waals surface area contributed by atoms with Crippen molar-refractivity contribution in [2.45, 2.75) is 0 Å². The maximum Gasteiger partial charge on any atom is 0.213 e. The van der Waals surface area contributed by atoms with Crippen molar-refractivity contribution < 1.29 is 4.74 Å². The standard InChI is InChI=1S/C11H9BrClNO/c12-9-2-3-10-8(7-9)1-4-11(14-10)15-6-5-13/h1-4,7H,5-6H2. The molecule has 0 fully saturated rings. The second-order valence-corrected chi connectivity index (χ2v) is 4.32. The molecule has 0 aliphatic rings. The molecule has 0 bridgehead atoms. The number of alkyl halides is 1. The molecule has 1 heterocycles. The number of hydrogen-bond donors (Lipinski definition) is 0. The monoisotopic (exact) mass is 285 g/mol. The predicted molar refractivity (Wildman–Crippen MR) is 65.7 cm³/mol. The van der Waals surface area contributed by atoms with Gasteiger partial charge in [0.05, 0.1) is 11.4 Å². The maximum atomic E-state index is 5.53. The molecule has 0 amide bonds. The van der Waals surface area contributed by atoms with Gasteiger partial charge in [-0.2, -0.15) is 0 Å². The summed E-state index contributed by atoms with van der Waals surface area (Å²) in [7, 11) is 0. The highest BCUT2D eigenvalue weighted by molar-refractivity contribution is 9.10. The molecule has 78 valence electrons. The Balaban J connectivity index is 2.34. The molecule has 0 N–H and O–H groups in total. The van der Waals surface area contributed by atoms with E-state index in [2.05, 4.69) is 20.9 Å². The Morgan fingerprint density at radius 3 is 2.93 bits per heavy atom. The van der Waals surface area contributed by atoms with Gasteiger partial charge in [-0.3, -0.25) is 0 Å². The van der Waals surface area contributed by atoms with E-state index in [1.165, 1.54) is 0 Å². The largest absolute Gasteiger partial charge is 0.476 e. The summed E-state index contributed by atoms with van der Waals surface area (Å²) in [4.78, 5) is 4.35. The number of benzene rings is 1. The molecule has 0 atom stereocenters. The molecule has 2 aromatic rings. The summed E-state index contributed by atoms with van der Waals surface area (Å²) in [5, 5.41) is 1.09. The second-order valence-electron chi connectivity index (χ2n) is 3.02. The van der Waals surface area contributed by atoms with Crippen molar-refractivity contribution in [3.8, 4) is 5.88 Å². The van der Waals surface area contributed by atoms with Gasteiger partial charge in [-0.15, -0.1) is 11.6 Å². The van der Waals surface area contributed by atoms with Gasteiger partial charge in [-0.05, 0) is 24.3 Å². The molecule has 1 aromatic carbocycles. The van der Waals surface area contributed by atoms with Crippen molar-refractivity contribution in [2.75, 3.05) is 12.5 Å². The number of halogens is 2. The van der Waals surface area contributed by atoms with Crippen LogP contribution in [0, 0.1) is 0 Å². The molecule has 0 saturated carbocycles. The van der Waals surface area contributed by atoms with Crippen LogP contribution >= 0.6 is 27.5 Å². The Hall–Kier alpha value is -0.800. The van der Waals surface area contributed by atoms with Crippen LogP contribution in [0.1, 0.15) is 0 Å². The van der Waals surface area contributed by atoms with Gasteiger partial charge in [0.1, 0.15) is 6.61 Å². The van der Waals surface area contributed by atoms with Gasteiger partial charge >= 0.3 is 0 Å². The number of nitrogens with zero attached hydrogens (tertiary/aromatic N) is 1. The van der Waals surface area contributed by atoms with E-state index in [1.807, 2.05) is 30.3 Å². The van der Waals surface area contributed by atoms with E-state index in [0.717, 1.165) is 15.4 Å². The SMILES string of the molecule is ClCCOc1ccc2cc(Br)ccc2n1. The van der Waals surface area contributed by atoms with Crippen molar-refractivity contribution in [3.05, 3.63) is 34.8 Å². The number of hydrogen-bond acceptors (Lipinski definition) is 2. The number of ether oxygens (including phenoxy) is 1. The molecule has 1 aromatic heterocycles. The van der Waals surface area contributed by atoms with Crippen LogP contribution in [-0.2, 0) is 0 Å². The minimum absolute atomic E-state index is 0.472. The zero-order valence-corrected chi connectivity index (χ0v) is 10.3. The molecule has 0 saturated heterocycles. The average molecular weight is 287 g/mol. The molecular weight excluding hydrogens is 277 g/mol. The molecule has 0 unspecified atom stereocenters. The van der Waals surface area contributed by atoms with Gasteiger partial charge in [0.2, 0.25) is 5.88 Å². The van der Waals surface area contributed by atoms with E-state index in [1.54, 1.807) is 0 Å². The molecule has 0 radical (unpaired) electrons. The maximum absolute atomic E-state index is 5.53. The van der Waals surface area contributed by atoms with Crippen molar-refractivity contribution in [2.24, 2.45) is 0 Å². The van der Waals surface area contributed by atoms with Gasteiger partial charge in [0.25, 0.3) is 0 Å². The first-order chi connectivity index (χ1) is 7.29. The highest BCUT2D eigenvalue weighted by atomic mass is 79.9. The van der Waals surface area contributed by atoms with Crippen molar-refractivity contribution in [1.82, 2.24) is 4.98 Å². The first kappa shape index (κ1) is 10.7. The molecule has 0 spiro atoms. The lowest BCUT2D eigenvalue weighted by Crippen LogP contribution is -1.99. The van der Waals surface area contributed by atoms with Crippen LogP contribution in [-0.4, -0.2) is 17.5 Å². The fourth-order valence-corrected chi connectivity index (χ4v) is 1.76. The van der Waals surface area contributed by atoms with Crippen LogP contribution in [0.3, 0.4) is 0 Å². The van der Waals surface area contributed by atoms with Crippen molar-refractivity contribution in [1.29, 1.82) is 0 Å². The Kier molecular flexibility index (Phi) is 3.44. The lowest BCUT2D eigenvalue weighted by Gasteiger charge is -2.04. The van der Waals surface area contributed by atoms with Crippen LogP contribution in [0.4, 0.5) is 0 Å². The predicted octanol–water partition coefficient (Wildman–Crippen LogP) is 3.61. The minimum atomic E-state index is 0.472. The molecule has 2 nitrogen and oxygen atoms in total. The molecule has 0 aliphatic carbocycles. The van der Waals surface area contributed by atoms with Crippen LogP contribution in [0.5, 0.6) is 5.88 Å². The van der Waals surface area contributed by atoms with E-state index in [4.69, 9.17) is 16.3 Å². The Labute approximate surface area is 101 Å². The zero-order chi connectivity index (χ0) is 10.7. The lowest BCUT2D eigenvalue weighted by atomic mass is 10.2. The van der Waals surface area contributed by atoms with E-state index >= 15 is 0 Å². The van der Waals surface area contributed by atoms with E-state index in [-0.39, 0.29) is 0 Å². The molecule has 4 heteroatoms. The van der Waals surface area contributed by atoms with Crippen LogP contribution in [0.25, 0.3) is 10.9 Å². The highest BCUT2D eigenvalue weighted by Gasteiger charge is 1.99. The number of rotatable bonds is 3. The molecule has 15 heavy (non-hydrogen) atoms. The lowest BCUT2D eigenvalue weighted by molar-refractivity contribution is 0.330. The number of pyridine rings is 1. The molecule has 2 rings (SSSR count). The van der Waals surface area contributed by atoms with E-state index in [0.29, 0.717) is 18.4 Å². The summed E-state index contributed by atoms with van der Waals surface area (Å²) >= 11 is 8.95. The Morgan fingerprint density at radius 1 is 1.27 bits per heavy atom. The summed E-state index contributed by atoms with van der Waals surface area (Å²) < 4.78 is 6.39. The second kappa shape index (κ2) is 4.81. The van der Waals surface area contributed by atoms with Crippen LogP contribution in [0.15, 0.2) is 34.8 Å². The Bertz CT molecular complexity index is 475. The van der Waals surface area contributed by atoms with Gasteiger partial charge < -0.3 is 4.74 Å². The summed E-state index contributed by atoms with van der Waals surface area (Å²) in [6.07, 6.45) is 0. The van der Waals surface area contributed by atoms with Gasteiger partial charge in [-0.1, -0.05) is 15.9 Å². The van der Waals surface area contributed by atoms with E-state index in [9.17, 15) is 0 Å². The van der Waals surface area contributed by atoms with Crippen LogP contribution < -0.4 is 4.74 Å². The normalized spacial score (nSPS) is 10.5. The number of fused-ring (bicyclic) bond motifs is 1. The third-order valence-corrected chi connectivity index (χ3v) is 2.60. The quantitative estimate of drug-likeness (QED) is 0.804. The molecule has 0 aliphatic heterocycles. The third-order valence-electron chi connectivity index (χ3n) is 1.95. The first-order valence-corrected chi connectivity index (χ1v) is 5.87. The summed E-state index contributed by atoms with van der Waals surface area (Å²) in [5.41, 5.74) is 0.922. The fraction of sp³-hybridized carbons (Fsp3) is 0.182. The van der Waals surface area contributed by atoms with Gasteiger partial charge in [0, 0.05) is 15.9 Å².